The van der Waals surface area contributed by atoms with Gasteiger partial charge in [0, 0.05) is 21.7 Å². The highest BCUT2D eigenvalue weighted by Crippen LogP contribution is 2.32. The number of amides is 1. The molecule has 25 heavy (non-hydrogen) atoms. The number of alkyl halides is 3. The molecule has 0 atom stereocenters. The lowest BCUT2D eigenvalue weighted by Crippen LogP contribution is -2.47. The molecule has 0 spiro atoms. The summed E-state index contributed by atoms with van der Waals surface area (Å²) in [6.07, 6.45) is -0.139. The third-order valence-corrected chi connectivity index (χ3v) is 3.94. The van der Waals surface area contributed by atoms with E-state index in [1.54, 1.807) is 13.8 Å². The van der Waals surface area contributed by atoms with Crippen molar-refractivity contribution in [3.05, 3.63) is 51.8 Å². The molecule has 0 aliphatic carbocycles. The van der Waals surface area contributed by atoms with Gasteiger partial charge in [-0.25, -0.2) is 0 Å². The number of rotatable bonds is 7. The molecular weight excluding hydrogens is 446 g/mol. The van der Waals surface area contributed by atoms with Crippen molar-refractivity contribution in [2.45, 2.75) is 32.0 Å². The average molecular weight is 465 g/mol. The van der Waals surface area contributed by atoms with Crippen LogP contribution in [0.4, 0.5) is 18.9 Å². The summed E-state index contributed by atoms with van der Waals surface area (Å²) in [4.78, 5) is 12.5. The Hall–Kier alpha value is -1.84. The Bertz CT molecular complexity index is 697. The maximum absolute atomic E-state index is 12.9. The van der Waals surface area contributed by atoms with Crippen molar-refractivity contribution in [2.75, 3.05) is 5.32 Å². The molecule has 0 saturated heterocycles. The maximum Gasteiger partial charge on any atom is 0.416 e. The lowest BCUT2D eigenvalue weighted by Gasteiger charge is -2.25. The van der Waals surface area contributed by atoms with Crippen molar-refractivity contribution in [2.24, 2.45) is 0 Å². The van der Waals surface area contributed by atoms with Gasteiger partial charge in [0.15, 0.2) is 0 Å². The number of benzene rings is 1. The second kappa shape index (κ2) is 8.50. The number of carbonyl (C=O) groups is 1. The molecule has 4 nitrogen and oxygen atoms in total. The molecule has 0 saturated carbocycles. The van der Waals surface area contributed by atoms with E-state index >= 15 is 0 Å². The first-order chi connectivity index (χ1) is 11.5. The van der Waals surface area contributed by atoms with Gasteiger partial charge < -0.3 is 16.0 Å². The Balaban J connectivity index is 3.06. The van der Waals surface area contributed by atoms with Crippen LogP contribution in [0.1, 0.15) is 25.0 Å². The van der Waals surface area contributed by atoms with Gasteiger partial charge in [-0.3, -0.25) is 4.79 Å². The first-order valence-electron chi connectivity index (χ1n) is 7.27. The van der Waals surface area contributed by atoms with E-state index in [1.165, 1.54) is 18.3 Å². The van der Waals surface area contributed by atoms with Gasteiger partial charge in [-0.1, -0.05) is 6.08 Å². The molecule has 1 aromatic rings. The number of halogens is 4. The van der Waals surface area contributed by atoms with E-state index in [1.807, 2.05) is 22.6 Å². The topological polar surface area (TPSA) is 65.0 Å². The predicted molar refractivity (Wildman–Crippen MR) is 102 cm³/mol. The molecule has 0 aromatic heterocycles. The van der Waals surface area contributed by atoms with Crippen molar-refractivity contribution in [3.63, 3.8) is 0 Å². The zero-order chi connectivity index (χ0) is 19.3. The fraction of sp³-hybridized carbons (Fsp3) is 0.294. The highest BCUT2D eigenvalue weighted by Gasteiger charge is 2.32. The zero-order valence-electron chi connectivity index (χ0n) is 13.8. The molecule has 3 N–H and O–H groups in total. The molecule has 0 fully saturated rings. The van der Waals surface area contributed by atoms with Gasteiger partial charge >= 0.3 is 6.18 Å². The molecular formula is C17H19F3IN3O. The van der Waals surface area contributed by atoms with E-state index in [4.69, 9.17) is 5.41 Å². The maximum atomic E-state index is 12.9. The summed E-state index contributed by atoms with van der Waals surface area (Å²) < 4.78 is 39.2. The van der Waals surface area contributed by atoms with Crippen molar-refractivity contribution in [3.8, 4) is 0 Å². The first-order valence-corrected chi connectivity index (χ1v) is 8.35. The summed E-state index contributed by atoms with van der Waals surface area (Å²) in [5.41, 5.74) is -1.16. The molecule has 0 unspecified atom stereocenters. The molecule has 0 aliphatic heterocycles. The van der Waals surface area contributed by atoms with Gasteiger partial charge in [0.25, 0.3) is 0 Å². The number of nitrogens with one attached hydrogen (secondary N) is 3. The minimum Gasteiger partial charge on any atom is -0.377 e. The molecule has 0 aliphatic rings. The van der Waals surface area contributed by atoms with E-state index in [-0.39, 0.29) is 6.42 Å². The van der Waals surface area contributed by atoms with E-state index in [9.17, 15) is 18.0 Å². The fourth-order valence-corrected chi connectivity index (χ4v) is 2.01. The lowest BCUT2D eigenvalue weighted by atomic mass is 10.0. The molecule has 0 radical (unpaired) electrons. The quantitative estimate of drug-likeness (QED) is 0.312. The normalized spacial score (nSPS) is 12.5. The van der Waals surface area contributed by atoms with Crippen LogP contribution < -0.4 is 10.6 Å². The number of allylic oxidation sites excluding steroid dienone is 2. The van der Waals surface area contributed by atoms with Crippen molar-refractivity contribution < 1.29 is 18.0 Å². The summed E-state index contributed by atoms with van der Waals surface area (Å²) in [6, 6.07) is 3.18. The third kappa shape index (κ3) is 6.18. The third-order valence-electron chi connectivity index (χ3n) is 3.32. The average Bonchev–Trinajstić information content (AvgIpc) is 2.53. The van der Waals surface area contributed by atoms with Gasteiger partial charge in [0.1, 0.15) is 5.54 Å². The summed E-state index contributed by atoms with van der Waals surface area (Å²) in [7, 11) is 0. The minimum atomic E-state index is -4.45. The Kier molecular flexibility index (Phi) is 7.21. The largest absolute Gasteiger partial charge is 0.416 e. The van der Waals surface area contributed by atoms with Crippen LogP contribution >= 0.6 is 22.6 Å². The second-order valence-corrected chi connectivity index (χ2v) is 7.01. The van der Waals surface area contributed by atoms with Crippen LogP contribution in [-0.4, -0.2) is 17.7 Å². The van der Waals surface area contributed by atoms with Crippen LogP contribution in [0.15, 0.2) is 40.6 Å². The fourth-order valence-electron chi connectivity index (χ4n) is 1.85. The van der Waals surface area contributed by atoms with Crippen molar-refractivity contribution >= 4 is 40.4 Å². The molecule has 1 rings (SSSR count). The highest BCUT2D eigenvalue weighted by molar-refractivity contribution is 14.1. The van der Waals surface area contributed by atoms with Gasteiger partial charge in [-0.05, 0) is 66.6 Å². The Morgan fingerprint density at radius 3 is 2.52 bits per heavy atom. The van der Waals surface area contributed by atoms with Gasteiger partial charge in [-0.15, -0.1) is 6.58 Å². The monoisotopic (exact) mass is 465 g/mol. The highest BCUT2D eigenvalue weighted by atomic mass is 127. The standard InChI is InChI=1S/C17H19F3IN3O/c1-4-5-11-8-12(17(18,19)20)6-7-14(11)24-15(25)16(2,3)23-10-13(21)9-22/h4,6-10,22-23H,1,5H2,2-3H3,(H,24,25)/b13-10+,22-9?. The van der Waals surface area contributed by atoms with Crippen molar-refractivity contribution in [1.29, 1.82) is 5.41 Å². The Morgan fingerprint density at radius 1 is 1.36 bits per heavy atom. The van der Waals surface area contributed by atoms with Crippen molar-refractivity contribution in [1.82, 2.24) is 5.32 Å². The van der Waals surface area contributed by atoms with Crippen LogP contribution in [0.2, 0.25) is 0 Å². The van der Waals surface area contributed by atoms with Gasteiger partial charge in [0.05, 0.1) is 5.56 Å². The van der Waals surface area contributed by atoms with E-state index in [2.05, 4.69) is 17.2 Å². The molecule has 8 heteroatoms. The van der Waals surface area contributed by atoms with E-state index in [0.717, 1.165) is 18.3 Å². The molecule has 0 heterocycles. The van der Waals surface area contributed by atoms with E-state index < -0.39 is 23.2 Å². The molecule has 136 valence electrons. The van der Waals surface area contributed by atoms with Crippen LogP contribution in [-0.2, 0) is 17.4 Å². The number of hydrogen-bond acceptors (Lipinski definition) is 3. The smallest absolute Gasteiger partial charge is 0.377 e. The van der Waals surface area contributed by atoms with Crippen LogP contribution in [0.3, 0.4) is 0 Å². The number of carbonyl (C=O) groups excluding carboxylic acids is 1. The van der Waals surface area contributed by atoms with Gasteiger partial charge in [0.2, 0.25) is 5.91 Å². The first kappa shape index (κ1) is 21.2. The predicted octanol–water partition coefficient (Wildman–Crippen LogP) is 4.67. The lowest BCUT2D eigenvalue weighted by molar-refractivity contribution is -0.137. The summed E-state index contributed by atoms with van der Waals surface area (Å²) in [5.74, 6) is -0.414. The summed E-state index contributed by atoms with van der Waals surface area (Å²) in [5, 5.41) is 12.6. The van der Waals surface area contributed by atoms with Crippen LogP contribution in [0, 0.1) is 5.41 Å². The molecule has 0 bridgehead atoms. The molecule has 1 aromatic carbocycles. The number of anilines is 1. The van der Waals surface area contributed by atoms with E-state index in [0.29, 0.717) is 14.8 Å². The zero-order valence-corrected chi connectivity index (χ0v) is 16.0. The Morgan fingerprint density at radius 2 is 2.00 bits per heavy atom. The Labute approximate surface area is 158 Å². The number of hydrogen-bond donors (Lipinski definition) is 3. The van der Waals surface area contributed by atoms with Crippen LogP contribution in [0.25, 0.3) is 0 Å². The van der Waals surface area contributed by atoms with Crippen LogP contribution in [0.5, 0.6) is 0 Å². The summed E-state index contributed by atoms with van der Waals surface area (Å²) >= 11 is 1.93. The minimum absolute atomic E-state index is 0.193. The summed E-state index contributed by atoms with van der Waals surface area (Å²) in [6.45, 7) is 6.80. The molecule has 1 amide bonds. The second-order valence-electron chi connectivity index (χ2n) is 5.76. The van der Waals surface area contributed by atoms with Gasteiger partial charge in [-0.2, -0.15) is 13.2 Å². The SMILES string of the molecule is C=CCc1cc(C(F)(F)F)ccc1NC(=O)C(C)(C)N/C=C(/I)C=N.